The van der Waals surface area contributed by atoms with Crippen molar-refractivity contribution in [2.45, 2.75) is 46.8 Å². The van der Waals surface area contributed by atoms with Crippen LogP contribution in [-0.2, 0) is 13.2 Å². The van der Waals surface area contributed by atoms with Crippen LogP contribution >= 0.6 is 0 Å². The zero-order valence-electron chi connectivity index (χ0n) is 18.2. The third-order valence-electron chi connectivity index (χ3n) is 5.49. The number of benzene rings is 1. The van der Waals surface area contributed by atoms with E-state index in [1.54, 1.807) is 19.2 Å². The standard InChI is InChI=1S/C22H23FN6O3/c1-5-27-19(11-30)26-29(22(27)32)18-9-14-15(8-17(18)23)21(31)28(10-16(14)12(2)3)20-13(4)6-7-24-25-20/h6-10,12,30H,5,11H2,1-4H3. The topological polar surface area (TPSA) is 108 Å². The van der Waals surface area contributed by atoms with Gasteiger partial charge < -0.3 is 5.11 Å². The summed E-state index contributed by atoms with van der Waals surface area (Å²) in [5.74, 6) is -0.284. The maximum Gasteiger partial charge on any atom is 0.350 e. The summed E-state index contributed by atoms with van der Waals surface area (Å²) in [5, 5.41) is 22.2. The van der Waals surface area contributed by atoms with Crippen molar-refractivity contribution in [3.8, 4) is 11.5 Å². The van der Waals surface area contributed by atoms with Crippen LogP contribution in [0, 0.1) is 12.7 Å². The molecule has 3 aromatic heterocycles. The fourth-order valence-corrected chi connectivity index (χ4v) is 3.81. The van der Waals surface area contributed by atoms with Crippen molar-refractivity contribution >= 4 is 10.8 Å². The highest BCUT2D eigenvalue weighted by molar-refractivity contribution is 5.87. The molecule has 0 aliphatic rings. The van der Waals surface area contributed by atoms with Crippen LogP contribution in [0.3, 0.4) is 0 Å². The van der Waals surface area contributed by atoms with Crippen LogP contribution < -0.4 is 11.2 Å². The predicted molar refractivity (Wildman–Crippen MR) is 117 cm³/mol. The monoisotopic (exact) mass is 438 g/mol. The minimum atomic E-state index is -0.773. The van der Waals surface area contributed by atoms with E-state index in [1.807, 2.05) is 20.8 Å². The fraction of sp³-hybridized carbons (Fsp3) is 0.318. The van der Waals surface area contributed by atoms with Gasteiger partial charge in [-0.1, -0.05) is 13.8 Å². The Hall–Kier alpha value is -3.66. The number of aromatic nitrogens is 6. The second-order valence-electron chi connectivity index (χ2n) is 7.81. The lowest BCUT2D eigenvalue weighted by Crippen LogP contribution is -2.25. The molecule has 32 heavy (non-hydrogen) atoms. The van der Waals surface area contributed by atoms with Gasteiger partial charge in [0, 0.05) is 12.7 Å². The molecular formula is C22H23FN6O3. The number of aryl methyl sites for hydroxylation is 1. The number of fused-ring (bicyclic) bond motifs is 1. The van der Waals surface area contributed by atoms with Gasteiger partial charge in [-0.3, -0.25) is 13.9 Å². The van der Waals surface area contributed by atoms with Gasteiger partial charge in [0.1, 0.15) is 18.1 Å². The summed E-state index contributed by atoms with van der Waals surface area (Å²) in [6.07, 6.45) is 3.22. The zero-order chi connectivity index (χ0) is 23.2. The summed E-state index contributed by atoms with van der Waals surface area (Å²) in [6.45, 7) is 7.29. The molecule has 0 unspecified atom stereocenters. The summed E-state index contributed by atoms with van der Waals surface area (Å²) >= 11 is 0. The molecule has 10 heteroatoms. The minimum Gasteiger partial charge on any atom is -0.388 e. The van der Waals surface area contributed by atoms with Crippen molar-refractivity contribution in [1.29, 1.82) is 0 Å². The van der Waals surface area contributed by atoms with Crippen LogP contribution in [-0.4, -0.2) is 34.2 Å². The number of hydrogen-bond acceptors (Lipinski definition) is 6. The van der Waals surface area contributed by atoms with Gasteiger partial charge in [-0.05, 0) is 54.5 Å². The lowest BCUT2D eigenvalue weighted by atomic mass is 9.97. The molecule has 166 valence electrons. The third-order valence-corrected chi connectivity index (χ3v) is 5.49. The Morgan fingerprint density at radius 3 is 2.53 bits per heavy atom. The lowest BCUT2D eigenvalue weighted by Gasteiger charge is -2.16. The van der Waals surface area contributed by atoms with Crippen molar-refractivity contribution in [1.82, 2.24) is 29.1 Å². The average Bonchev–Trinajstić information content (AvgIpc) is 3.09. The van der Waals surface area contributed by atoms with E-state index in [-0.39, 0.29) is 29.4 Å². The second-order valence-corrected chi connectivity index (χ2v) is 7.81. The Labute approximate surface area is 182 Å². The molecule has 0 aliphatic heterocycles. The van der Waals surface area contributed by atoms with Gasteiger partial charge in [0.15, 0.2) is 11.6 Å². The van der Waals surface area contributed by atoms with E-state index >= 15 is 4.39 Å². The molecule has 1 N–H and O–H groups in total. The SMILES string of the molecule is CCn1c(CO)nn(-c2cc3c(C(C)C)cn(-c4nnccc4C)c(=O)c3cc2F)c1=O. The van der Waals surface area contributed by atoms with Gasteiger partial charge in [-0.2, -0.15) is 9.78 Å². The van der Waals surface area contributed by atoms with Crippen molar-refractivity contribution in [3.05, 3.63) is 74.2 Å². The van der Waals surface area contributed by atoms with Gasteiger partial charge in [0.25, 0.3) is 5.56 Å². The number of pyridine rings is 1. The van der Waals surface area contributed by atoms with Crippen LogP contribution in [0.5, 0.6) is 0 Å². The van der Waals surface area contributed by atoms with Crippen LogP contribution in [0.2, 0.25) is 0 Å². The van der Waals surface area contributed by atoms with E-state index in [2.05, 4.69) is 15.3 Å². The normalized spacial score (nSPS) is 11.6. The molecular weight excluding hydrogens is 415 g/mol. The molecule has 0 amide bonds. The van der Waals surface area contributed by atoms with E-state index in [0.29, 0.717) is 11.2 Å². The quantitative estimate of drug-likeness (QED) is 0.512. The number of rotatable bonds is 5. The Bertz CT molecular complexity index is 1450. The maximum absolute atomic E-state index is 15.2. The molecule has 0 atom stereocenters. The van der Waals surface area contributed by atoms with Gasteiger partial charge in [-0.15, -0.1) is 10.2 Å². The van der Waals surface area contributed by atoms with E-state index in [4.69, 9.17) is 0 Å². The van der Waals surface area contributed by atoms with Gasteiger partial charge in [0.2, 0.25) is 0 Å². The second kappa shape index (κ2) is 8.12. The highest BCUT2D eigenvalue weighted by atomic mass is 19.1. The fourth-order valence-electron chi connectivity index (χ4n) is 3.81. The lowest BCUT2D eigenvalue weighted by molar-refractivity contribution is 0.264. The molecule has 0 aliphatic carbocycles. The Kier molecular flexibility index (Phi) is 5.47. The van der Waals surface area contributed by atoms with Crippen LogP contribution in [0.1, 0.15) is 43.6 Å². The number of halogens is 1. The molecule has 0 saturated heterocycles. The molecule has 0 radical (unpaired) electrons. The summed E-state index contributed by atoms with van der Waals surface area (Å²) in [5.41, 5.74) is 0.433. The average molecular weight is 438 g/mol. The number of aliphatic hydroxyl groups is 1. The molecule has 4 rings (SSSR count). The zero-order valence-corrected chi connectivity index (χ0v) is 18.2. The van der Waals surface area contributed by atoms with E-state index < -0.39 is 23.7 Å². The Morgan fingerprint density at radius 1 is 1.19 bits per heavy atom. The molecule has 3 heterocycles. The van der Waals surface area contributed by atoms with Crippen LogP contribution in [0.4, 0.5) is 4.39 Å². The minimum absolute atomic E-state index is 0.0161. The summed E-state index contributed by atoms with van der Waals surface area (Å²) in [7, 11) is 0. The van der Waals surface area contributed by atoms with Crippen LogP contribution in [0.25, 0.3) is 22.3 Å². The number of nitrogens with zero attached hydrogens (tertiary/aromatic N) is 6. The maximum atomic E-state index is 15.2. The number of hydrogen-bond donors (Lipinski definition) is 1. The highest BCUT2D eigenvalue weighted by Gasteiger charge is 2.21. The van der Waals surface area contributed by atoms with Gasteiger partial charge in [-0.25, -0.2) is 9.18 Å². The number of aliphatic hydroxyl groups excluding tert-OH is 1. The van der Waals surface area contributed by atoms with Gasteiger partial charge in [0.05, 0.1) is 11.6 Å². The molecule has 0 saturated carbocycles. The first kappa shape index (κ1) is 21.6. The molecule has 4 aromatic rings. The predicted octanol–water partition coefficient (Wildman–Crippen LogP) is 2.21. The Morgan fingerprint density at radius 2 is 1.94 bits per heavy atom. The van der Waals surface area contributed by atoms with Crippen LogP contribution in [0.15, 0.2) is 40.2 Å². The smallest absolute Gasteiger partial charge is 0.350 e. The van der Waals surface area contributed by atoms with Crippen molar-refractivity contribution in [2.24, 2.45) is 0 Å². The van der Waals surface area contributed by atoms with Crippen molar-refractivity contribution in [3.63, 3.8) is 0 Å². The summed E-state index contributed by atoms with van der Waals surface area (Å²) in [6, 6.07) is 4.33. The summed E-state index contributed by atoms with van der Waals surface area (Å²) in [4.78, 5) is 26.0. The Balaban J connectivity index is 2.06. The van der Waals surface area contributed by atoms with E-state index in [0.717, 1.165) is 21.9 Å². The molecule has 9 nitrogen and oxygen atoms in total. The van der Waals surface area contributed by atoms with Crippen molar-refractivity contribution < 1.29 is 9.50 Å². The molecule has 0 fully saturated rings. The first-order valence-electron chi connectivity index (χ1n) is 10.3. The van der Waals surface area contributed by atoms with Gasteiger partial charge >= 0.3 is 5.69 Å². The first-order valence-corrected chi connectivity index (χ1v) is 10.3. The molecule has 1 aromatic carbocycles. The summed E-state index contributed by atoms with van der Waals surface area (Å²) < 4.78 is 18.8. The van der Waals surface area contributed by atoms with E-state index in [9.17, 15) is 14.7 Å². The van der Waals surface area contributed by atoms with E-state index in [1.165, 1.54) is 21.4 Å². The van der Waals surface area contributed by atoms with Crippen molar-refractivity contribution in [2.75, 3.05) is 0 Å². The molecule has 0 bridgehead atoms. The highest BCUT2D eigenvalue weighted by Crippen LogP contribution is 2.28. The first-order chi connectivity index (χ1) is 15.3. The third kappa shape index (κ3) is 3.32. The molecule has 0 spiro atoms. The largest absolute Gasteiger partial charge is 0.388 e.